The number of hydrogen-bond donors (Lipinski definition) is 0. The molecule has 1 atom stereocenters. The molecule has 0 aliphatic heterocycles. The molecule has 2 aromatic heterocycles. The van der Waals surface area contributed by atoms with Gasteiger partial charge in [0.2, 0.25) is 0 Å². The number of ether oxygens (including phenoxy) is 1. The van der Waals surface area contributed by atoms with Gasteiger partial charge in [0, 0.05) is 6.54 Å². The topological polar surface area (TPSA) is 66.0 Å². The van der Waals surface area contributed by atoms with Crippen LogP contribution in [-0.4, -0.2) is 25.7 Å². The molecule has 0 spiro atoms. The Bertz CT molecular complexity index is 511. The Morgan fingerprint density at radius 3 is 3.00 bits per heavy atom. The average molecular weight is 282 g/mol. The molecular weight excluding hydrogens is 264 g/mol. The summed E-state index contributed by atoms with van der Waals surface area (Å²) in [5, 5.41) is 8.33. The molecule has 6 nitrogen and oxygen atoms in total. The van der Waals surface area contributed by atoms with Gasteiger partial charge in [-0.05, 0) is 19.6 Å². The highest BCUT2D eigenvalue weighted by atomic mass is 32.2. The van der Waals surface area contributed by atoms with Crippen molar-refractivity contribution in [3.8, 4) is 5.75 Å². The van der Waals surface area contributed by atoms with Crippen molar-refractivity contribution in [2.45, 2.75) is 39.2 Å². The molecule has 0 radical (unpaired) electrons. The first kappa shape index (κ1) is 13.9. The third-order valence-electron chi connectivity index (χ3n) is 2.56. The SMILES string of the molecule is CCSC(C)c1noc(COc2cnn(CC)c2)n1. The minimum absolute atomic E-state index is 0.241. The van der Waals surface area contributed by atoms with E-state index in [2.05, 4.69) is 29.1 Å². The molecule has 104 valence electrons. The van der Waals surface area contributed by atoms with Crippen LogP contribution in [0.15, 0.2) is 16.9 Å². The van der Waals surface area contributed by atoms with Crippen molar-refractivity contribution in [2.75, 3.05) is 5.75 Å². The predicted molar refractivity (Wildman–Crippen MR) is 73.1 cm³/mol. The second-order valence-corrected chi connectivity index (χ2v) is 5.58. The number of hydrogen-bond acceptors (Lipinski definition) is 6. The quantitative estimate of drug-likeness (QED) is 0.778. The van der Waals surface area contributed by atoms with Crippen LogP contribution in [0.25, 0.3) is 0 Å². The zero-order valence-electron chi connectivity index (χ0n) is 11.4. The summed E-state index contributed by atoms with van der Waals surface area (Å²) in [4.78, 5) is 4.32. The molecule has 0 saturated carbocycles. The van der Waals surface area contributed by atoms with Gasteiger partial charge in [0.05, 0.1) is 17.6 Å². The third kappa shape index (κ3) is 3.73. The Balaban J connectivity index is 1.89. The first-order valence-electron chi connectivity index (χ1n) is 6.32. The van der Waals surface area contributed by atoms with Crippen molar-refractivity contribution < 1.29 is 9.26 Å². The second-order valence-electron chi connectivity index (χ2n) is 3.96. The Morgan fingerprint density at radius 1 is 1.47 bits per heavy atom. The van der Waals surface area contributed by atoms with Gasteiger partial charge in [0.15, 0.2) is 18.2 Å². The molecule has 1 unspecified atom stereocenters. The highest BCUT2D eigenvalue weighted by molar-refractivity contribution is 7.99. The summed E-state index contributed by atoms with van der Waals surface area (Å²) in [7, 11) is 0. The number of nitrogens with zero attached hydrogens (tertiary/aromatic N) is 4. The Labute approximate surface area is 116 Å². The fourth-order valence-corrected chi connectivity index (χ4v) is 2.30. The van der Waals surface area contributed by atoms with Crippen LogP contribution in [0.5, 0.6) is 5.75 Å². The maximum Gasteiger partial charge on any atom is 0.264 e. The lowest BCUT2D eigenvalue weighted by Crippen LogP contribution is -1.97. The van der Waals surface area contributed by atoms with Gasteiger partial charge >= 0.3 is 0 Å². The van der Waals surface area contributed by atoms with Crippen molar-refractivity contribution in [1.29, 1.82) is 0 Å². The van der Waals surface area contributed by atoms with Crippen molar-refractivity contribution >= 4 is 11.8 Å². The van der Waals surface area contributed by atoms with E-state index >= 15 is 0 Å². The van der Waals surface area contributed by atoms with E-state index < -0.39 is 0 Å². The van der Waals surface area contributed by atoms with Gasteiger partial charge in [-0.2, -0.15) is 21.8 Å². The smallest absolute Gasteiger partial charge is 0.264 e. The lowest BCUT2D eigenvalue weighted by atomic mass is 10.4. The first-order valence-corrected chi connectivity index (χ1v) is 7.37. The average Bonchev–Trinajstić information content (AvgIpc) is 3.06. The summed E-state index contributed by atoms with van der Waals surface area (Å²) in [6, 6.07) is 0. The van der Waals surface area contributed by atoms with Crippen LogP contribution in [0.2, 0.25) is 0 Å². The zero-order chi connectivity index (χ0) is 13.7. The molecule has 0 N–H and O–H groups in total. The summed E-state index contributed by atoms with van der Waals surface area (Å²) >= 11 is 1.78. The maximum atomic E-state index is 5.54. The number of rotatable bonds is 7. The van der Waals surface area contributed by atoms with E-state index in [-0.39, 0.29) is 11.9 Å². The minimum atomic E-state index is 0.241. The van der Waals surface area contributed by atoms with Crippen molar-refractivity contribution in [1.82, 2.24) is 19.9 Å². The van der Waals surface area contributed by atoms with Gasteiger partial charge in [0.1, 0.15) is 0 Å². The van der Waals surface area contributed by atoms with Crippen molar-refractivity contribution in [3.05, 3.63) is 24.1 Å². The van der Waals surface area contributed by atoms with Gasteiger partial charge in [-0.3, -0.25) is 4.68 Å². The molecule has 0 aromatic carbocycles. The standard InChI is InChI=1S/C12H18N4O2S/c1-4-16-7-10(6-13-16)17-8-11-14-12(15-18-11)9(3)19-5-2/h6-7,9H,4-5,8H2,1-3H3. The normalized spacial score (nSPS) is 12.6. The van der Waals surface area contributed by atoms with E-state index in [0.29, 0.717) is 11.6 Å². The lowest BCUT2D eigenvalue weighted by molar-refractivity contribution is 0.242. The Morgan fingerprint density at radius 2 is 2.32 bits per heavy atom. The van der Waals surface area contributed by atoms with Gasteiger partial charge in [-0.15, -0.1) is 0 Å². The van der Waals surface area contributed by atoms with Crippen LogP contribution >= 0.6 is 11.8 Å². The Kier molecular flexibility index (Phi) is 4.84. The van der Waals surface area contributed by atoms with E-state index in [9.17, 15) is 0 Å². The number of aryl methyl sites for hydroxylation is 1. The van der Waals surface area contributed by atoms with Crippen LogP contribution in [-0.2, 0) is 13.2 Å². The molecule has 7 heteroatoms. The maximum absolute atomic E-state index is 5.54. The molecule has 2 rings (SSSR count). The molecule has 2 aromatic rings. The van der Waals surface area contributed by atoms with Crippen LogP contribution in [0, 0.1) is 0 Å². The van der Waals surface area contributed by atoms with Gasteiger partial charge in [-0.25, -0.2) is 0 Å². The first-order chi connectivity index (χ1) is 9.22. The molecule has 0 bridgehead atoms. The predicted octanol–water partition coefficient (Wildman–Crippen LogP) is 2.68. The largest absolute Gasteiger partial charge is 0.480 e. The van der Waals surface area contributed by atoms with E-state index in [1.165, 1.54) is 0 Å². The second kappa shape index (κ2) is 6.60. The van der Waals surface area contributed by atoms with Crippen molar-refractivity contribution in [2.24, 2.45) is 0 Å². The zero-order valence-corrected chi connectivity index (χ0v) is 12.2. The van der Waals surface area contributed by atoms with Gasteiger partial charge in [-0.1, -0.05) is 12.1 Å². The van der Waals surface area contributed by atoms with Gasteiger partial charge in [0.25, 0.3) is 5.89 Å². The minimum Gasteiger partial charge on any atom is -0.480 e. The summed E-state index contributed by atoms with van der Waals surface area (Å²) in [6.45, 7) is 7.28. The monoisotopic (exact) mass is 282 g/mol. The van der Waals surface area contributed by atoms with Crippen LogP contribution < -0.4 is 4.74 Å². The van der Waals surface area contributed by atoms with Gasteiger partial charge < -0.3 is 9.26 Å². The fraction of sp³-hybridized carbons (Fsp3) is 0.583. The fourth-order valence-electron chi connectivity index (χ4n) is 1.55. The van der Waals surface area contributed by atoms with Crippen LogP contribution in [0.3, 0.4) is 0 Å². The van der Waals surface area contributed by atoms with Crippen molar-refractivity contribution in [3.63, 3.8) is 0 Å². The molecule has 0 aliphatic rings. The molecule has 0 fully saturated rings. The molecule has 0 amide bonds. The third-order valence-corrected chi connectivity index (χ3v) is 3.60. The molecular formula is C12H18N4O2S. The van der Waals surface area contributed by atoms with E-state index in [0.717, 1.165) is 18.1 Å². The van der Waals surface area contributed by atoms with E-state index in [1.807, 2.05) is 13.1 Å². The number of thioether (sulfide) groups is 1. The highest BCUT2D eigenvalue weighted by Gasteiger charge is 2.13. The summed E-state index contributed by atoms with van der Waals surface area (Å²) in [5.41, 5.74) is 0. The summed E-state index contributed by atoms with van der Waals surface area (Å²) in [5.74, 6) is 2.94. The molecule has 0 aliphatic carbocycles. The van der Waals surface area contributed by atoms with E-state index in [1.54, 1.807) is 22.6 Å². The molecule has 0 saturated heterocycles. The number of aromatic nitrogens is 4. The molecule has 19 heavy (non-hydrogen) atoms. The summed E-state index contributed by atoms with van der Waals surface area (Å²) in [6.07, 6.45) is 3.52. The molecule has 2 heterocycles. The van der Waals surface area contributed by atoms with Crippen LogP contribution in [0.4, 0.5) is 0 Å². The lowest BCUT2D eigenvalue weighted by Gasteiger charge is -2.02. The highest BCUT2D eigenvalue weighted by Crippen LogP contribution is 2.25. The summed E-state index contributed by atoms with van der Waals surface area (Å²) < 4.78 is 12.5. The Hall–Kier alpha value is -1.50. The van der Waals surface area contributed by atoms with E-state index in [4.69, 9.17) is 9.26 Å². The van der Waals surface area contributed by atoms with Crippen LogP contribution in [0.1, 0.15) is 37.7 Å².